The van der Waals surface area contributed by atoms with Gasteiger partial charge in [-0.2, -0.15) is 0 Å². The number of carbonyl (C=O) groups excluding carboxylic acids is 2. The molecule has 1 amide bonds. The Morgan fingerprint density at radius 2 is 1.96 bits per heavy atom. The first kappa shape index (κ1) is 18.6. The maximum Gasteiger partial charge on any atom is 0.433 e. The highest BCUT2D eigenvalue weighted by molar-refractivity contribution is 5.89. The zero-order valence-electron chi connectivity index (χ0n) is 14.9. The molecule has 0 fully saturated rings. The second-order valence-corrected chi connectivity index (χ2v) is 6.50. The van der Waals surface area contributed by atoms with Crippen molar-refractivity contribution in [1.82, 2.24) is 5.32 Å². The van der Waals surface area contributed by atoms with Crippen molar-refractivity contribution in [1.29, 1.82) is 0 Å². The first-order valence-corrected chi connectivity index (χ1v) is 8.76. The van der Waals surface area contributed by atoms with Crippen LogP contribution in [0.1, 0.15) is 53.1 Å². The highest BCUT2D eigenvalue weighted by atomic mass is 16.7. The van der Waals surface area contributed by atoms with Crippen molar-refractivity contribution in [2.24, 2.45) is 0 Å². The van der Waals surface area contributed by atoms with Crippen molar-refractivity contribution >= 4 is 17.8 Å². The van der Waals surface area contributed by atoms with Gasteiger partial charge in [0.25, 0.3) is 5.91 Å². The molecule has 1 N–H and O–H groups in total. The van der Waals surface area contributed by atoms with Gasteiger partial charge in [-0.05, 0) is 55.4 Å². The number of ether oxygens (including phenoxy) is 1. The van der Waals surface area contributed by atoms with E-state index in [4.69, 9.17) is 9.15 Å². The number of aryl methyl sites for hydroxylation is 2. The van der Waals surface area contributed by atoms with Crippen molar-refractivity contribution in [3.8, 4) is 0 Å². The van der Waals surface area contributed by atoms with Gasteiger partial charge in [0, 0.05) is 0 Å². The number of furan rings is 1. The molecule has 1 aliphatic carbocycles. The summed E-state index contributed by atoms with van der Waals surface area (Å²) in [7, 11) is 0. The summed E-state index contributed by atoms with van der Waals surface area (Å²) < 4.78 is 9.58. The predicted octanol–water partition coefficient (Wildman–Crippen LogP) is 3.10. The van der Waals surface area contributed by atoms with Crippen LogP contribution in [0.3, 0.4) is 0 Å². The molecule has 0 aliphatic heterocycles. The monoisotopic (exact) mass is 372 g/mol. The van der Waals surface area contributed by atoms with E-state index in [-0.39, 0.29) is 11.8 Å². The van der Waals surface area contributed by atoms with E-state index in [0.717, 1.165) is 30.5 Å². The number of nitro groups is 1. The Labute approximate surface area is 155 Å². The fourth-order valence-electron chi connectivity index (χ4n) is 3.13. The van der Waals surface area contributed by atoms with Gasteiger partial charge in [-0.25, -0.2) is 4.79 Å². The van der Waals surface area contributed by atoms with Gasteiger partial charge in [-0.1, -0.05) is 18.2 Å². The summed E-state index contributed by atoms with van der Waals surface area (Å²) in [5.74, 6) is -2.28. The van der Waals surface area contributed by atoms with Crippen LogP contribution in [0, 0.1) is 10.1 Å². The largest absolute Gasteiger partial charge is 0.450 e. The highest BCUT2D eigenvalue weighted by Crippen LogP contribution is 2.24. The van der Waals surface area contributed by atoms with Crippen molar-refractivity contribution in [3.05, 3.63) is 62.9 Å². The van der Waals surface area contributed by atoms with E-state index in [1.807, 2.05) is 13.0 Å². The Hall–Kier alpha value is -3.16. The van der Waals surface area contributed by atoms with E-state index >= 15 is 0 Å². The molecule has 1 aliphatic rings. The number of fused-ring (bicyclic) bond motifs is 1. The molecule has 0 bridgehead atoms. The number of amides is 1. The maximum atomic E-state index is 12.0. The lowest BCUT2D eigenvalue weighted by molar-refractivity contribution is -0.402. The first-order valence-electron chi connectivity index (χ1n) is 8.76. The molecule has 3 rings (SSSR count). The van der Waals surface area contributed by atoms with Gasteiger partial charge in [0.05, 0.1) is 12.1 Å². The third-order valence-electron chi connectivity index (χ3n) is 4.56. The normalized spacial score (nSPS) is 14.1. The van der Waals surface area contributed by atoms with E-state index in [0.29, 0.717) is 0 Å². The van der Waals surface area contributed by atoms with E-state index in [2.05, 4.69) is 17.4 Å². The fourth-order valence-corrected chi connectivity index (χ4v) is 3.13. The smallest absolute Gasteiger partial charge is 0.433 e. The van der Waals surface area contributed by atoms with E-state index < -0.39 is 29.3 Å². The van der Waals surface area contributed by atoms with Gasteiger partial charge in [-0.3, -0.25) is 14.9 Å². The molecule has 2 aromatic rings. The Kier molecular flexibility index (Phi) is 5.54. The molecule has 0 spiro atoms. The van der Waals surface area contributed by atoms with Gasteiger partial charge in [-0.15, -0.1) is 0 Å². The van der Waals surface area contributed by atoms with Crippen LogP contribution >= 0.6 is 0 Å². The Bertz CT molecular complexity index is 873. The van der Waals surface area contributed by atoms with Crippen molar-refractivity contribution in [3.63, 3.8) is 0 Å². The van der Waals surface area contributed by atoms with Crippen LogP contribution in [0.2, 0.25) is 0 Å². The topological polar surface area (TPSA) is 112 Å². The molecule has 1 aromatic carbocycles. The molecule has 8 nitrogen and oxygen atoms in total. The van der Waals surface area contributed by atoms with E-state index in [1.54, 1.807) is 0 Å². The molecule has 1 aromatic heterocycles. The number of nitrogens with one attached hydrogen (secondary N) is 1. The molecule has 1 heterocycles. The van der Waals surface area contributed by atoms with Crippen LogP contribution in [0.4, 0.5) is 5.88 Å². The van der Waals surface area contributed by atoms with Crippen LogP contribution in [-0.2, 0) is 22.4 Å². The summed E-state index contributed by atoms with van der Waals surface area (Å²) in [6, 6.07) is 8.18. The number of nitrogens with zero attached hydrogens (tertiary/aromatic N) is 1. The molecule has 0 unspecified atom stereocenters. The van der Waals surface area contributed by atoms with E-state index in [9.17, 15) is 19.7 Å². The Morgan fingerprint density at radius 1 is 1.22 bits per heavy atom. The maximum absolute atomic E-state index is 12.0. The lowest BCUT2D eigenvalue weighted by Gasteiger charge is -2.20. The Balaban J connectivity index is 1.52. The van der Waals surface area contributed by atoms with Crippen LogP contribution in [0.15, 0.2) is 34.7 Å². The second-order valence-electron chi connectivity index (χ2n) is 6.50. The number of rotatable bonds is 6. The van der Waals surface area contributed by atoms with Gasteiger partial charge in [0.15, 0.2) is 6.61 Å². The van der Waals surface area contributed by atoms with Crippen LogP contribution in [0.5, 0.6) is 0 Å². The van der Waals surface area contributed by atoms with Crippen LogP contribution in [-0.4, -0.2) is 23.4 Å². The summed E-state index contributed by atoms with van der Waals surface area (Å²) >= 11 is 0. The minimum absolute atomic E-state index is 0.229. The highest BCUT2D eigenvalue weighted by Gasteiger charge is 2.20. The Morgan fingerprint density at radius 3 is 2.67 bits per heavy atom. The van der Waals surface area contributed by atoms with Gasteiger partial charge >= 0.3 is 11.9 Å². The summed E-state index contributed by atoms with van der Waals surface area (Å²) in [5.41, 5.74) is 3.69. The predicted molar refractivity (Wildman–Crippen MR) is 95.3 cm³/mol. The minimum Gasteiger partial charge on any atom is -0.450 e. The lowest BCUT2D eigenvalue weighted by Crippen LogP contribution is -2.31. The molecule has 0 saturated heterocycles. The van der Waals surface area contributed by atoms with Gasteiger partial charge in [0.1, 0.15) is 4.92 Å². The van der Waals surface area contributed by atoms with Crippen molar-refractivity contribution in [2.75, 3.05) is 6.61 Å². The SMILES string of the molecule is C[C@@H](NC(=O)COC(=O)c1ccc([N+](=O)[O-])o1)c1ccc2c(c1)CCCC2. The summed E-state index contributed by atoms with van der Waals surface area (Å²) in [6.45, 7) is 1.36. The molecule has 0 radical (unpaired) electrons. The number of benzene rings is 1. The van der Waals surface area contributed by atoms with Gasteiger partial charge in [0.2, 0.25) is 5.76 Å². The summed E-state index contributed by atoms with van der Waals surface area (Å²) in [5, 5.41) is 13.3. The van der Waals surface area contributed by atoms with Crippen molar-refractivity contribution in [2.45, 2.75) is 38.6 Å². The van der Waals surface area contributed by atoms with Crippen LogP contribution < -0.4 is 5.32 Å². The average molecular weight is 372 g/mol. The third kappa shape index (κ3) is 4.52. The molecular weight excluding hydrogens is 352 g/mol. The zero-order valence-corrected chi connectivity index (χ0v) is 14.9. The minimum atomic E-state index is -0.931. The van der Waals surface area contributed by atoms with Crippen molar-refractivity contribution < 1.29 is 23.7 Å². The molecule has 0 saturated carbocycles. The number of hydrogen-bond donors (Lipinski definition) is 1. The number of hydrogen-bond acceptors (Lipinski definition) is 6. The third-order valence-corrected chi connectivity index (χ3v) is 4.56. The zero-order chi connectivity index (χ0) is 19.4. The first-order chi connectivity index (χ1) is 12.9. The average Bonchev–Trinajstić information content (AvgIpc) is 3.16. The second kappa shape index (κ2) is 8.03. The lowest BCUT2D eigenvalue weighted by atomic mass is 9.89. The van der Waals surface area contributed by atoms with E-state index in [1.165, 1.54) is 24.0 Å². The van der Waals surface area contributed by atoms with Gasteiger partial charge < -0.3 is 14.5 Å². The molecular formula is C19H20N2O6. The van der Waals surface area contributed by atoms with Crippen LogP contribution in [0.25, 0.3) is 0 Å². The number of esters is 1. The summed E-state index contributed by atoms with van der Waals surface area (Å²) in [4.78, 5) is 33.6. The standard InChI is InChI=1S/C19H20N2O6/c1-12(14-7-6-13-4-2-3-5-15(13)10-14)20-17(22)11-26-19(23)16-8-9-18(27-16)21(24)25/h6-10,12H,2-5,11H2,1H3,(H,20,22)/t12-/m1/s1. The molecule has 142 valence electrons. The molecule has 1 atom stereocenters. The fraction of sp³-hybridized carbons (Fsp3) is 0.368. The summed E-state index contributed by atoms with van der Waals surface area (Å²) in [6.07, 6.45) is 4.54. The number of carbonyl (C=O) groups is 2. The quantitative estimate of drug-likeness (QED) is 0.474. The molecule has 27 heavy (non-hydrogen) atoms. The molecule has 8 heteroatoms.